The maximum absolute atomic E-state index is 13.2. The number of aromatic nitrogens is 1. The van der Waals surface area contributed by atoms with Crippen molar-refractivity contribution < 1.29 is 13.2 Å². The molecule has 0 bridgehead atoms. The van der Waals surface area contributed by atoms with Gasteiger partial charge in [0.05, 0.1) is 21.0 Å². The number of halogens is 1. The van der Waals surface area contributed by atoms with Crippen molar-refractivity contribution in [3.05, 3.63) is 57.9 Å². The average Bonchev–Trinajstić information content (AvgIpc) is 3.18. The van der Waals surface area contributed by atoms with E-state index < -0.39 is 15.9 Å². The lowest BCUT2D eigenvalue weighted by atomic mass is 9.99. The number of sulfonamides is 1. The molecule has 1 fully saturated rings. The zero-order chi connectivity index (χ0) is 24.3. The third-order valence-corrected chi connectivity index (χ3v) is 9.83. The van der Waals surface area contributed by atoms with Crippen LogP contribution in [0.5, 0.6) is 0 Å². The van der Waals surface area contributed by atoms with Crippen LogP contribution >= 0.6 is 34.7 Å². The van der Waals surface area contributed by atoms with Gasteiger partial charge < -0.3 is 4.57 Å². The number of amides is 1. The van der Waals surface area contributed by atoms with E-state index in [0.717, 1.165) is 28.9 Å². The number of hydrogen-bond donors (Lipinski definition) is 0. The third-order valence-electron chi connectivity index (χ3n) is 6.07. The lowest BCUT2D eigenvalue weighted by molar-refractivity contribution is -0.122. The monoisotopic (exact) mass is 537 g/mol. The highest BCUT2D eigenvalue weighted by Gasteiger charge is 2.33. The number of piperidine rings is 1. The number of fused-ring (bicyclic) bond motifs is 1. The minimum absolute atomic E-state index is 0.142. The van der Waals surface area contributed by atoms with Crippen molar-refractivity contribution in [2.24, 2.45) is 10.9 Å². The molecule has 4 rings (SSSR count). The first-order chi connectivity index (χ1) is 16.3. The SMILES string of the molecule is CCc1ccc2c(c1)sc(=NC(=O)C1CCCN(S(=O)(=O)c3ccc(Cl)cc3)C1)n2CCSC. The Bertz CT molecular complexity index is 1350. The van der Waals surface area contributed by atoms with Gasteiger partial charge in [-0.3, -0.25) is 4.79 Å². The van der Waals surface area contributed by atoms with E-state index in [9.17, 15) is 13.2 Å². The normalized spacial score (nSPS) is 18.0. The van der Waals surface area contributed by atoms with Crippen molar-refractivity contribution in [3.8, 4) is 0 Å². The predicted molar refractivity (Wildman–Crippen MR) is 141 cm³/mol. The maximum atomic E-state index is 13.2. The zero-order valence-electron chi connectivity index (χ0n) is 19.2. The minimum Gasteiger partial charge on any atom is -0.316 e. The molecule has 0 aliphatic carbocycles. The van der Waals surface area contributed by atoms with Crippen LogP contribution in [-0.2, 0) is 27.8 Å². The van der Waals surface area contributed by atoms with Gasteiger partial charge in [-0.15, -0.1) is 0 Å². The molecule has 0 radical (unpaired) electrons. The molecule has 10 heteroatoms. The van der Waals surface area contributed by atoms with Crippen LogP contribution in [0.1, 0.15) is 25.3 Å². The molecule has 182 valence electrons. The van der Waals surface area contributed by atoms with Crippen molar-refractivity contribution in [2.45, 2.75) is 37.6 Å². The Labute approximate surface area is 213 Å². The Kier molecular flexibility index (Phi) is 8.20. The summed E-state index contributed by atoms with van der Waals surface area (Å²) in [6.45, 7) is 3.42. The Hall–Kier alpha value is -1.65. The Morgan fingerprint density at radius 1 is 1.24 bits per heavy atom. The maximum Gasteiger partial charge on any atom is 0.252 e. The van der Waals surface area contributed by atoms with Gasteiger partial charge in [-0.05, 0) is 67.5 Å². The number of aryl methyl sites for hydroxylation is 2. The first kappa shape index (κ1) is 25.4. The van der Waals surface area contributed by atoms with Gasteiger partial charge in [-0.1, -0.05) is 35.9 Å². The number of thiazole rings is 1. The van der Waals surface area contributed by atoms with E-state index >= 15 is 0 Å². The quantitative estimate of drug-likeness (QED) is 0.433. The van der Waals surface area contributed by atoms with E-state index in [2.05, 4.69) is 40.9 Å². The molecular weight excluding hydrogens is 510 g/mol. The summed E-state index contributed by atoms with van der Waals surface area (Å²) in [5.41, 5.74) is 2.33. The van der Waals surface area contributed by atoms with Gasteiger partial charge in [0.1, 0.15) is 0 Å². The van der Waals surface area contributed by atoms with Gasteiger partial charge in [-0.2, -0.15) is 21.1 Å². The summed E-state index contributed by atoms with van der Waals surface area (Å²) in [5, 5.41) is 0.480. The number of benzene rings is 2. The van der Waals surface area contributed by atoms with Crippen LogP contribution in [0.2, 0.25) is 5.02 Å². The molecule has 6 nitrogen and oxygen atoms in total. The standard InChI is InChI=1S/C24H28ClN3O3S3/c1-3-17-6-11-21-22(15-17)33-24(28(21)13-14-32-2)26-23(29)18-5-4-12-27(16-18)34(30,31)20-9-7-19(25)8-10-20/h6-11,15,18H,3-5,12-14,16H2,1-2H3. The molecule has 1 aliphatic heterocycles. The second-order valence-electron chi connectivity index (χ2n) is 8.29. The van der Waals surface area contributed by atoms with Crippen LogP contribution in [0.3, 0.4) is 0 Å². The summed E-state index contributed by atoms with van der Waals surface area (Å²) in [4.78, 5) is 18.6. The van der Waals surface area contributed by atoms with Gasteiger partial charge in [0, 0.05) is 30.4 Å². The smallest absolute Gasteiger partial charge is 0.252 e. The zero-order valence-corrected chi connectivity index (χ0v) is 22.4. The van der Waals surface area contributed by atoms with Gasteiger partial charge in [0.2, 0.25) is 10.0 Å². The highest BCUT2D eigenvalue weighted by molar-refractivity contribution is 7.98. The fourth-order valence-corrected chi connectivity index (χ4v) is 7.27. The van der Waals surface area contributed by atoms with Crippen LogP contribution in [0.15, 0.2) is 52.4 Å². The van der Waals surface area contributed by atoms with Crippen LogP contribution < -0.4 is 4.80 Å². The Balaban J connectivity index is 1.62. The summed E-state index contributed by atoms with van der Waals surface area (Å²) >= 11 is 9.18. The van der Waals surface area contributed by atoms with Crippen molar-refractivity contribution in [3.63, 3.8) is 0 Å². The number of carbonyl (C=O) groups excluding carboxylic acids is 1. The van der Waals surface area contributed by atoms with Crippen molar-refractivity contribution >= 4 is 60.8 Å². The molecule has 1 amide bonds. The van der Waals surface area contributed by atoms with E-state index in [1.165, 1.54) is 33.3 Å². The van der Waals surface area contributed by atoms with Crippen molar-refractivity contribution in [1.82, 2.24) is 8.87 Å². The molecule has 1 aromatic heterocycles. The second kappa shape index (κ2) is 11.0. The molecule has 0 saturated carbocycles. The van der Waals surface area contributed by atoms with Gasteiger partial charge in [0.15, 0.2) is 4.80 Å². The summed E-state index contributed by atoms with van der Waals surface area (Å²) < 4.78 is 30.8. The number of carbonyl (C=O) groups is 1. The number of thioether (sulfide) groups is 1. The predicted octanol–water partition coefficient (Wildman–Crippen LogP) is 4.81. The van der Waals surface area contributed by atoms with E-state index in [1.807, 2.05) is 0 Å². The molecular formula is C24H28ClN3O3S3. The minimum atomic E-state index is -3.69. The molecule has 1 saturated heterocycles. The molecule has 2 aromatic carbocycles. The molecule has 2 heterocycles. The molecule has 3 aromatic rings. The highest BCUT2D eigenvalue weighted by Crippen LogP contribution is 2.26. The Morgan fingerprint density at radius 2 is 2.00 bits per heavy atom. The van der Waals surface area contributed by atoms with Crippen molar-refractivity contribution in [1.29, 1.82) is 0 Å². The van der Waals surface area contributed by atoms with E-state index in [1.54, 1.807) is 23.9 Å². The second-order valence-corrected chi connectivity index (χ2v) is 12.7. The summed E-state index contributed by atoms with van der Waals surface area (Å²) in [6, 6.07) is 12.5. The average molecular weight is 538 g/mol. The molecule has 1 aliphatic rings. The van der Waals surface area contributed by atoms with Crippen LogP contribution in [0.25, 0.3) is 10.2 Å². The van der Waals surface area contributed by atoms with E-state index in [4.69, 9.17) is 11.6 Å². The largest absolute Gasteiger partial charge is 0.316 e. The van der Waals surface area contributed by atoms with Gasteiger partial charge in [-0.25, -0.2) is 8.42 Å². The van der Waals surface area contributed by atoms with E-state index in [0.29, 0.717) is 29.2 Å². The van der Waals surface area contributed by atoms with E-state index in [-0.39, 0.29) is 17.3 Å². The molecule has 1 atom stereocenters. The van der Waals surface area contributed by atoms with Crippen LogP contribution in [0.4, 0.5) is 0 Å². The molecule has 34 heavy (non-hydrogen) atoms. The fourth-order valence-electron chi connectivity index (χ4n) is 4.13. The summed E-state index contributed by atoms with van der Waals surface area (Å²) in [6.07, 6.45) is 4.26. The van der Waals surface area contributed by atoms with Crippen LogP contribution in [-0.4, -0.2) is 48.3 Å². The number of rotatable bonds is 7. The molecule has 0 spiro atoms. The van der Waals surface area contributed by atoms with Gasteiger partial charge >= 0.3 is 0 Å². The Morgan fingerprint density at radius 3 is 2.71 bits per heavy atom. The number of nitrogens with zero attached hydrogens (tertiary/aromatic N) is 3. The topological polar surface area (TPSA) is 71.7 Å². The summed E-state index contributed by atoms with van der Waals surface area (Å²) in [5.74, 6) is 0.205. The first-order valence-corrected chi connectivity index (χ1v) is 15.3. The highest BCUT2D eigenvalue weighted by atomic mass is 35.5. The van der Waals surface area contributed by atoms with Gasteiger partial charge in [0.25, 0.3) is 5.91 Å². The lowest BCUT2D eigenvalue weighted by Gasteiger charge is -2.30. The summed E-state index contributed by atoms with van der Waals surface area (Å²) in [7, 11) is -3.69. The fraction of sp³-hybridized carbons (Fsp3) is 0.417. The molecule has 1 unspecified atom stereocenters. The van der Waals surface area contributed by atoms with Crippen molar-refractivity contribution in [2.75, 3.05) is 25.1 Å². The number of hydrogen-bond acceptors (Lipinski definition) is 5. The third kappa shape index (κ3) is 5.44. The first-order valence-electron chi connectivity index (χ1n) is 11.3. The lowest BCUT2D eigenvalue weighted by Crippen LogP contribution is -2.42. The van der Waals surface area contributed by atoms with Crippen LogP contribution in [0, 0.1) is 5.92 Å². The molecule has 0 N–H and O–H groups in total.